The van der Waals surface area contributed by atoms with E-state index in [4.69, 9.17) is 0 Å². The molecular formula is C16H24N4O. The van der Waals surface area contributed by atoms with E-state index in [0.717, 1.165) is 23.9 Å². The van der Waals surface area contributed by atoms with Crippen LogP contribution in [0.25, 0.3) is 10.9 Å². The minimum Gasteiger partial charge on any atom is -0.348 e. The van der Waals surface area contributed by atoms with Crippen LogP contribution in [0.3, 0.4) is 0 Å². The summed E-state index contributed by atoms with van der Waals surface area (Å²) in [6.07, 6.45) is 2.72. The lowest BCUT2D eigenvalue weighted by Gasteiger charge is -2.24. The number of aromatic amines is 1. The number of H-pyrrole nitrogens is 1. The third-order valence-corrected chi connectivity index (χ3v) is 3.38. The van der Waals surface area contributed by atoms with Gasteiger partial charge in [0.15, 0.2) is 0 Å². The smallest absolute Gasteiger partial charge is 0.251 e. The Morgan fingerprint density at radius 2 is 2.14 bits per heavy atom. The number of likely N-dealkylation sites (N-methyl/N-ethyl adjacent to an activating group) is 1. The molecule has 0 aliphatic heterocycles. The summed E-state index contributed by atoms with van der Waals surface area (Å²) >= 11 is 0. The summed E-state index contributed by atoms with van der Waals surface area (Å²) in [5, 5.41) is 11.0. The van der Waals surface area contributed by atoms with Gasteiger partial charge in [-0.05, 0) is 38.6 Å². The van der Waals surface area contributed by atoms with Gasteiger partial charge in [0, 0.05) is 23.5 Å². The van der Waals surface area contributed by atoms with Crippen molar-refractivity contribution >= 4 is 16.8 Å². The van der Waals surface area contributed by atoms with E-state index in [9.17, 15) is 4.79 Å². The summed E-state index contributed by atoms with van der Waals surface area (Å²) in [5.74, 6) is 0.518. The van der Waals surface area contributed by atoms with E-state index >= 15 is 0 Å². The first-order valence-electron chi connectivity index (χ1n) is 7.34. The molecule has 1 amide bonds. The van der Waals surface area contributed by atoms with E-state index in [-0.39, 0.29) is 11.9 Å². The molecule has 5 heteroatoms. The Kier molecular flexibility index (Phi) is 4.96. The fourth-order valence-corrected chi connectivity index (χ4v) is 2.54. The maximum Gasteiger partial charge on any atom is 0.251 e. The Morgan fingerprint density at radius 1 is 1.38 bits per heavy atom. The molecule has 2 N–H and O–H groups in total. The predicted molar refractivity (Wildman–Crippen MR) is 85.4 cm³/mol. The largest absolute Gasteiger partial charge is 0.348 e. The number of nitrogens with zero attached hydrogens (tertiary/aromatic N) is 2. The van der Waals surface area contributed by atoms with Crippen molar-refractivity contribution in [2.24, 2.45) is 5.92 Å². The van der Waals surface area contributed by atoms with Gasteiger partial charge in [-0.1, -0.05) is 19.9 Å². The number of hydrogen-bond acceptors (Lipinski definition) is 3. The molecule has 1 aromatic carbocycles. The monoisotopic (exact) mass is 288 g/mol. The van der Waals surface area contributed by atoms with Crippen LogP contribution < -0.4 is 5.32 Å². The van der Waals surface area contributed by atoms with Crippen molar-refractivity contribution in [1.29, 1.82) is 0 Å². The Morgan fingerprint density at radius 3 is 2.81 bits per heavy atom. The van der Waals surface area contributed by atoms with Crippen LogP contribution >= 0.6 is 0 Å². The molecular weight excluding hydrogens is 264 g/mol. The molecule has 0 fully saturated rings. The molecule has 0 spiro atoms. The average molecular weight is 288 g/mol. The zero-order valence-corrected chi connectivity index (χ0v) is 13.2. The maximum atomic E-state index is 12.4. The first-order valence-corrected chi connectivity index (χ1v) is 7.34. The predicted octanol–water partition coefficient (Wildman–Crippen LogP) is 2.27. The van der Waals surface area contributed by atoms with E-state index in [0.29, 0.717) is 11.5 Å². The van der Waals surface area contributed by atoms with Crippen LogP contribution in [-0.4, -0.2) is 47.7 Å². The van der Waals surface area contributed by atoms with Crippen LogP contribution in [0, 0.1) is 5.92 Å². The highest BCUT2D eigenvalue weighted by Gasteiger charge is 2.16. The normalized spacial score (nSPS) is 13.0. The fraction of sp³-hybridized carbons (Fsp3) is 0.500. The number of aromatic nitrogens is 2. The van der Waals surface area contributed by atoms with Gasteiger partial charge in [-0.3, -0.25) is 9.89 Å². The Hall–Kier alpha value is -1.88. The van der Waals surface area contributed by atoms with Crippen molar-refractivity contribution in [1.82, 2.24) is 20.4 Å². The Balaban J connectivity index is 2.09. The van der Waals surface area contributed by atoms with Gasteiger partial charge in [-0.15, -0.1) is 0 Å². The molecule has 1 unspecified atom stereocenters. The SMILES string of the molecule is CC(C)CC(CN(C)C)NC(=O)c1ccc2cn[nH]c2c1. The number of fused-ring (bicyclic) bond motifs is 1. The van der Waals surface area contributed by atoms with Crippen molar-refractivity contribution in [3.8, 4) is 0 Å². The van der Waals surface area contributed by atoms with Crippen LogP contribution in [0.15, 0.2) is 24.4 Å². The van der Waals surface area contributed by atoms with E-state index in [1.807, 2.05) is 32.3 Å². The molecule has 0 bridgehead atoms. The minimum atomic E-state index is -0.0287. The van der Waals surface area contributed by atoms with Gasteiger partial charge >= 0.3 is 0 Å². The second kappa shape index (κ2) is 6.72. The lowest BCUT2D eigenvalue weighted by Crippen LogP contribution is -2.42. The molecule has 2 aromatic rings. The molecule has 1 atom stereocenters. The van der Waals surface area contributed by atoms with E-state index in [1.165, 1.54) is 0 Å². The molecule has 1 aromatic heterocycles. The van der Waals surface area contributed by atoms with E-state index < -0.39 is 0 Å². The molecule has 0 saturated carbocycles. The van der Waals surface area contributed by atoms with Crippen molar-refractivity contribution < 1.29 is 4.79 Å². The number of nitrogens with one attached hydrogen (secondary N) is 2. The van der Waals surface area contributed by atoms with Gasteiger partial charge in [0.25, 0.3) is 5.91 Å². The lowest BCUT2D eigenvalue weighted by molar-refractivity contribution is 0.0924. The van der Waals surface area contributed by atoms with Gasteiger partial charge < -0.3 is 10.2 Å². The number of rotatable bonds is 6. The molecule has 5 nitrogen and oxygen atoms in total. The van der Waals surface area contributed by atoms with Crippen LogP contribution in [0.5, 0.6) is 0 Å². The summed E-state index contributed by atoms with van der Waals surface area (Å²) in [6.45, 7) is 5.19. The van der Waals surface area contributed by atoms with Gasteiger partial charge in [0.05, 0.1) is 11.7 Å². The van der Waals surface area contributed by atoms with Crippen molar-refractivity contribution in [3.63, 3.8) is 0 Å². The summed E-state index contributed by atoms with van der Waals surface area (Å²) in [7, 11) is 4.05. The van der Waals surface area contributed by atoms with Crippen molar-refractivity contribution in [2.75, 3.05) is 20.6 Å². The summed E-state index contributed by atoms with van der Waals surface area (Å²) in [6, 6.07) is 5.76. The van der Waals surface area contributed by atoms with Crippen LogP contribution in [0.4, 0.5) is 0 Å². The Labute approximate surface area is 125 Å². The van der Waals surface area contributed by atoms with Crippen molar-refractivity contribution in [2.45, 2.75) is 26.3 Å². The topological polar surface area (TPSA) is 61.0 Å². The highest BCUT2D eigenvalue weighted by Crippen LogP contribution is 2.13. The maximum absolute atomic E-state index is 12.4. The standard InChI is InChI=1S/C16H24N4O/c1-11(2)7-14(10-20(3)4)18-16(21)12-5-6-13-9-17-19-15(13)8-12/h5-6,8-9,11,14H,7,10H2,1-4H3,(H,17,19)(H,18,21). The molecule has 0 aliphatic rings. The molecule has 21 heavy (non-hydrogen) atoms. The zero-order valence-electron chi connectivity index (χ0n) is 13.2. The molecule has 114 valence electrons. The van der Waals surface area contributed by atoms with Crippen LogP contribution in [-0.2, 0) is 0 Å². The summed E-state index contributed by atoms with van der Waals surface area (Å²) in [5.41, 5.74) is 1.55. The average Bonchev–Trinajstić information content (AvgIpc) is 2.83. The summed E-state index contributed by atoms with van der Waals surface area (Å²) < 4.78 is 0. The second-order valence-electron chi connectivity index (χ2n) is 6.23. The number of amides is 1. The third-order valence-electron chi connectivity index (χ3n) is 3.38. The van der Waals surface area contributed by atoms with E-state index in [1.54, 1.807) is 6.20 Å². The van der Waals surface area contributed by atoms with Crippen molar-refractivity contribution in [3.05, 3.63) is 30.0 Å². The number of hydrogen-bond donors (Lipinski definition) is 2. The van der Waals surface area contributed by atoms with Gasteiger partial charge in [0.1, 0.15) is 0 Å². The van der Waals surface area contributed by atoms with Gasteiger partial charge in [-0.2, -0.15) is 5.10 Å². The first kappa shape index (κ1) is 15.5. The first-order chi connectivity index (χ1) is 9.95. The minimum absolute atomic E-state index is 0.0287. The molecule has 2 rings (SSSR count). The molecule has 0 aliphatic carbocycles. The van der Waals surface area contributed by atoms with Gasteiger partial charge in [-0.25, -0.2) is 0 Å². The van der Waals surface area contributed by atoms with Crippen LogP contribution in [0.1, 0.15) is 30.6 Å². The quantitative estimate of drug-likeness (QED) is 0.857. The zero-order chi connectivity index (χ0) is 15.4. The highest BCUT2D eigenvalue weighted by atomic mass is 16.1. The lowest BCUT2D eigenvalue weighted by atomic mass is 10.0. The molecule has 0 radical (unpaired) electrons. The fourth-order valence-electron chi connectivity index (χ4n) is 2.54. The number of carbonyl (C=O) groups is 1. The van der Waals surface area contributed by atoms with E-state index in [2.05, 4.69) is 34.3 Å². The second-order valence-corrected chi connectivity index (χ2v) is 6.23. The summed E-state index contributed by atoms with van der Waals surface area (Å²) in [4.78, 5) is 14.5. The molecule has 1 heterocycles. The number of benzene rings is 1. The molecule has 0 saturated heterocycles. The van der Waals surface area contributed by atoms with Crippen LogP contribution in [0.2, 0.25) is 0 Å². The third kappa shape index (κ3) is 4.29. The highest BCUT2D eigenvalue weighted by molar-refractivity contribution is 5.97. The van der Waals surface area contributed by atoms with Gasteiger partial charge in [0.2, 0.25) is 0 Å². The number of carbonyl (C=O) groups excluding carboxylic acids is 1. The Bertz CT molecular complexity index is 593.